The first-order valence-electron chi connectivity index (χ1n) is 8.84. The zero-order valence-corrected chi connectivity index (χ0v) is 17.0. The van der Waals surface area contributed by atoms with Gasteiger partial charge in [0.05, 0.1) is 40.8 Å². The van der Waals surface area contributed by atoms with Crippen molar-refractivity contribution in [3.63, 3.8) is 0 Å². The number of amides is 1. The number of alkyl halides is 3. The molecule has 1 amide bonds. The Kier molecular flexibility index (Phi) is 6.35. The molecule has 0 aliphatic rings. The first kappa shape index (κ1) is 22.4. The van der Waals surface area contributed by atoms with E-state index in [1.54, 1.807) is 6.92 Å². The van der Waals surface area contributed by atoms with E-state index in [4.69, 9.17) is 16.3 Å². The standard InChI is InChI=1S/C21H16ClF4N3O2/c1-11-9-12(23)3-7-16(11)29-19-14(5-6-15(18(19)22)21(24,25)26)20(30)28-13-4-8-17(31-2)27-10-13/h3-10,29H,1-2H3,(H,28,30). The van der Waals surface area contributed by atoms with Crippen LogP contribution in [0.25, 0.3) is 0 Å². The van der Waals surface area contributed by atoms with Crippen LogP contribution >= 0.6 is 11.6 Å². The summed E-state index contributed by atoms with van der Waals surface area (Å²) in [6, 6.07) is 8.46. The van der Waals surface area contributed by atoms with Gasteiger partial charge < -0.3 is 15.4 Å². The lowest BCUT2D eigenvalue weighted by molar-refractivity contribution is -0.137. The van der Waals surface area contributed by atoms with Crippen LogP contribution in [0, 0.1) is 12.7 Å². The number of aromatic nitrogens is 1. The fourth-order valence-corrected chi connectivity index (χ4v) is 3.10. The first-order valence-corrected chi connectivity index (χ1v) is 9.22. The largest absolute Gasteiger partial charge is 0.481 e. The van der Waals surface area contributed by atoms with Crippen molar-refractivity contribution in [2.24, 2.45) is 0 Å². The van der Waals surface area contributed by atoms with E-state index in [0.29, 0.717) is 22.8 Å². The normalized spacial score (nSPS) is 11.2. The maximum absolute atomic E-state index is 13.4. The van der Waals surface area contributed by atoms with Gasteiger partial charge in [-0.3, -0.25) is 4.79 Å². The van der Waals surface area contributed by atoms with E-state index in [2.05, 4.69) is 15.6 Å². The van der Waals surface area contributed by atoms with Crippen molar-refractivity contribution in [2.75, 3.05) is 17.7 Å². The molecule has 0 aliphatic heterocycles. The number of hydrogen-bond acceptors (Lipinski definition) is 4. The third kappa shape index (κ3) is 5.05. The minimum atomic E-state index is -4.74. The van der Waals surface area contributed by atoms with Crippen molar-refractivity contribution < 1.29 is 27.1 Å². The van der Waals surface area contributed by atoms with Crippen LogP contribution in [0.15, 0.2) is 48.7 Å². The second-order valence-electron chi connectivity index (χ2n) is 6.48. The number of carbonyl (C=O) groups is 1. The summed E-state index contributed by atoms with van der Waals surface area (Å²) in [5, 5.41) is 4.60. The highest BCUT2D eigenvalue weighted by molar-refractivity contribution is 6.35. The van der Waals surface area contributed by atoms with Gasteiger partial charge in [-0.1, -0.05) is 11.6 Å². The molecule has 3 rings (SSSR count). The summed E-state index contributed by atoms with van der Waals surface area (Å²) in [6.45, 7) is 1.57. The van der Waals surface area contributed by atoms with E-state index in [0.717, 1.165) is 18.2 Å². The van der Waals surface area contributed by atoms with Gasteiger partial charge >= 0.3 is 6.18 Å². The highest BCUT2D eigenvalue weighted by Gasteiger charge is 2.35. The number of halogens is 5. The Morgan fingerprint density at radius 3 is 2.45 bits per heavy atom. The van der Waals surface area contributed by atoms with Gasteiger partial charge in [-0.15, -0.1) is 0 Å². The number of nitrogens with zero attached hydrogens (tertiary/aromatic N) is 1. The van der Waals surface area contributed by atoms with E-state index in [1.807, 2.05) is 0 Å². The fourth-order valence-electron chi connectivity index (χ4n) is 2.78. The highest BCUT2D eigenvalue weighted by atomic mass is 35.5. The maximum atomic E-state index is 13.4. The molecular formula is C21H16ClF4N3O2. The van der Waals surface area contributed by atoms with E-state index < -0.39 is 28.5 Å². The predicted molar refractivity (Wildman–Crippen MR) is 110 cm³/mol. The van der Waals surface area contributed by atoms with E-state index in [9.17, 15) is 22.4 Å². The Hall–Kier alpha value is -3.33. The average molecular weight is 454 g/mol. The molecule has 0 saturated heterocycles. The number of carbonyl (C=O) groups excluding carboxylic acids is 1. The van der Waals surface area contributed by atoms with Crippen LogP contribution in [0.5, 0.6) is 5.88 Å². The summed E-state index contributed by atoms with van der Waals surface area (Å²) in [7, 11) is 1.43. The van der Waals surface area contributed by atoms with Crippen molar-refractivity contribution in [3.8, 4) is 5.88 Å². The number of hydrogen-bond donors (Lipinski definition) is 2. The van der Waals surface area contributed by atoms with Crippen LogP contribution in [0.3, 0.4) is 0 Å². The Morgan fingerprint density at radius 1 is 1.13 bits per heavy atom. The molecule has 0 fully saturated rings. The topological polar surface area (TPSA) is 63.2 Å². The van der Waals surface area contributed by atoms with Crippen LogP contribution < -0.4 is 15.4 Å². The molecule has 31 heavy (non-hydrogen) atoms. The average Bonchev–Trinajstić information content (AvgIpc) is 2.70. The van der Waals surface area contributed by atoms with Gasteiger partial charge in [0.1, 0.15) is 5.82 Å². The van der Waals surface area contributed by atoms with Gasteiger partial charge in [0.2, 0.25) is 5.88 Å². The number of rotatable bonds is 5. The van der Waals surface area contributed by atoms with Gasteiger partial charge in [-0.25, -0.2) is 9.37 Å². The monoisotopic (exact) mass is 453 g/mol. The minimum absolute atomic E-state index is 0.141. The number of ether oxygens (including phenoxy) is 1. The molecule has 0 aliphatic carbocycles. The second kappa shape index (κ2) is 8.81. The molecule has 2 aromatic carbocycles. The van der Waals surface area contributed by atoms with Crippen LogP contribution in [-0.4, -0.2) is 18.0 Å². The lowest BCUT2D eigenvalue weighted by atomic mass is 10.1. The van der Waals surface area contributed by atoms with Crippen molar-refractivity contribution in [1.82, 2.24) is 4.98 Å². The summed E-state index contributed by atoms with van der Waals surface area (Å²) in [4.78, 5) is 16.8. The number of aryl methyl sites for hydroxylation is 1. The van der Waals surface area contributed by atoms with Crippen molar-refractivity contribution in [2.45, 2.75) is 13.1 Å². The van der Waals surface area contributed by atoms with Gasteiger partial charge in [0.25, 0.3) is 5.91 Å². The summed E-state index contributed by atoms with van der Waals surface area (Å²) in [5.41, 5.74) is -0.505. The molecule has 0 bridgehead atoms. The summed E-state index contributed by atoms with van der Waals surface area (Å²) >= 11 is 6.05. The molecular weight excluding hydrogens is 438 g/mol. The number of methoxy groups -OCH3 is 1. The van der Waals surface area contributed by atoms with Crippen LogP contribution in [-0.2, 0) is 6.18 Å². The Bertz CT molecular complexity index is 1120. The SMILES string of the molecule is COc1ccc(NC(=O)c2ccc(C(F)(F)F)c(Cl)c2Nc2ccc(F)cc2C)cn1. The maximum Gasteiger partial charge on any atom is 0.417 e. The number of pyridine rings is 1. The van der Waals surface area contributed by atoms with Crippen molar-refractivity contribution >= 4 is 34.6 Å². The quantitative estimate of drug-likeness (QED) is 0.451. The lowest BCUT2D eigenvalue weighted by Crippen LogP contribution is -2.16. The first-order chi connectivity index (χ1) is 14.6. The Morgan fingerprint density at radius 2 is 1.87 bits per heavy atom. The summed E-state index contributed by atoms with van der Waals surface area (Å²) < 4.78 is 58.5. The molecule has 0 radical (unpaired) electrons. The number of nitrogens with one attached hydrogen (secondary N) is 2. The van der Waals surface area contributed by atoms with Gasteiger partial charge in [-0.2, -0.15) is 13.2 Å². The van der Waals surface area contributed by atoms with Crippen LogP contribution in [0.4, 0.5) is 34.6 Å². The lowest BCUT2D eigenvalue weighted by Gasteiger charge is -2.19. The third-order valence-corrected chi connectivity index (χ3v) is 4.74. The number of benzene rings is 2. The van der Waals surface area contributed by atoms with Crippen LogP contribution in [0.1, 0.15) is 21.5 Å². The highest BCUT2D eigenvalue weighted by Crippen LogP contribution is 2.41. The van der Waals surface area contributed by atoms with E-state index in [1.165, 1.54) is 37.6 Å². The molecule has 0 atom stereocenters. The zero-order valence-electron chi connectivity index (χ0n) is 16.3. The fraction of sp³-hybridized carbons (Fsp3) is 0.143. The molecule has 10 heteroatoms. The second-order valence-corrected chi connectivity index (χ2v) is 6.85. The van der Waals surface area contributed by atoms with Gasteiger partial charge in [-0.05, 0) is 48.9 Å². The van der Waals surface area contributed by atoms with E-state index in [-0.39, 0.29) is 11.3 Å². The Balaban J connectivity index is 2.03. The molecule has 2 N–H and O–H groups in total. The molecule has 1 heterocycles. The summed E-state index contributed by atoms with van der Waals surface area (Å²) in [5.74, 6) is -0.905. The molecule has 5 nitrogen and oxygen atoms in total. The molecule has 0 saturated carbocycles. The van der Waals surface area contributed by atoms with Gasteiger partial charge in [0.15, 0.2) is 0 Å². The van der Waals surface area contributed by atoms with Crippen molar-refractivity contribution in [1.29, 1.82) is 0 Å². The molecule has 3 aromatic rings. The minimum Gasteiger partial charge on any atom is -0.481 e. The van der Waals surface area contributed by atoms with Crippen LogP contribution in [0.2, 0.25) is 5.02 Å². The Labute approximate surface area is 180 Å². The molecule has 1 aromatic heterocycles. The number of anilines is 3. The van der Waals surface area contributed by atoms with E-state index >= 15 is 0 Å². The molecule has 162 valence electrons. The smallest absolute Gasteiger partial charge is 0.417 e. The third-order valence-electron chi connectivity index (χ3n) is 4.34. The van der Waals surface area contributed by atoms with Crippen molar-refractivity contribution in [3.05, 3.63) is 76.2 Å². The zero-order chi connectivity index (χ0) is 22.8. The van der Waals surface area contributed by atoms with Gasteiger partial charge in [0, 0.05) is 11.8 Å². The summed E-state index contributed by atoms with van der Waals surface area (Å²) in [6.07, 6.45) is -3.40. The molecule has 0 unspecified atom stereocenters. The molecule has 0 spiro atoms. The predicted octanol–water partition coefficient (Wildman–Crippen LogP) is 6.21.